The summed E-state index contributed by atoms with van der Waals surface area (Å²) in [5.74, 6) is -0.372. The molecule has 0 spiro atoms. The summed E-state index contributed by atoms with van der Waals surface area (Å²) in [5.41, 5.74) is 1.89. The first-order valence-corrected chi connectivity index (χ1v) is 6.88. The van der Waals surface area contributed by atoms with Crippen LogP contribution in [0, 0.1) is 12.7 Å². The second kappa shape index (κ2) is 5.20. The van der Waals surface area contributed by atoms with Crippen molar-refractivity contribution in [2.24, 2.45) is 0 Å². The Kier molecular flexibility index (Phi) is 3.82. The highest BCUT2D eigenvalue weighted by atomic mass is 79.9. The molecule has 2 aromatic rings. The van der Waals surface area contributed by atoms with Gasteiger partial charge in [0, 0.05) is 17.0 Å². The standard InChI is InChI=1S/C13H10BrFO2S/c1-7-5-18-6-9(7)13(16)8-3-10(14)11(15)4-12(8)17-2/h3-6H,1-2H3. The molecular weight excluding hydrogens is 319 g/mol. The molecule has 0 aliphatic carbocycles. The number of aryl methyl sites for hydroxylation is 1. The van der Waals surface area contributed by atoms with Crippen molar-refractivity contribution in [3.8, 4) is 5.75 Å². The average molecular weight is 329 g/mol. The van der Waals surface area contributed by atoms with Crippen molar-refractivity contribution in [2.75, 3.05) is 7.11 Å². The number of halogens is 2. The maximum absolute atomic E-state index is 13.4. The summed E-state index contributed by atoms with van der Waals surface area (Å²) in [6, 6.07) is 2.66. The largest absolute Gasteiger partial charge is 0.496 e. The van der Waals surface area contributed by atoms with Gasteiger partial charge in [0.1, 0.15) is 11.6 Å². The van der Waals surface area contributed by atoms with Crippen LogP contribution in [0.5, 0.6) is 5.75 Å². The molecular formula is C13H10BrFO2S. The molecule has 0 radical (unpaired) electrons. The van der Waals surface area contributed by atoms with Gasteiger partial charge in [-0.2, -0.15) is 11.3 Å². The van der Waals surface area contributed by atoms with Crippen LogP contribution >= 0.6 is 27.3 Å². The Morgan fingerprint density at radius 2 is 2.06 bits per heavy atom. The van der Waals surface area contributed by atoms with Crippen molar-refractivity contribution in [3.05, 3.63) is 49.9 Å². The zero-order valence-corrected chi connectivity index (χ0v) is 12.2. The van der Waals surface area contributed by atoms with Gasteiger partial charge in [-0.15, -0.1) is 0 Å². The molecule has 0 fully saturated rings. The molecule has 0 saturated carbocycles. The smallest absolute Gasteiger partial charge is 0.197 e. The minimum atomic E-state index is -0.453. The van der Waals surface area contributed by atoms with Crippen LogP contribution in [0.4, 0.5) is 4.39 Å². The minimum Gasteiger partial charge on any atom is -0.496 e. The van der Waals surface area contributed by atoms with Gasteiger partial charge in [-0.1, -0.05) is 0 Å². The fourth-order valence-corrected chi connectivity index (χ4v) is 2.78. The number of ether oxygens (including phenoxy) is 1. The lowest BCUT2D eigenvalue weighted by Gasteiger charge is -2.08. The molecule has 1 aromatic heterocycles. The highest BCUT2D eigenvalue weighted by Crippen LogP contribution is 2.29. The Morgan fingerprint density at radius 1 is 1.33 bits per heavy atom. The Bertz CT molecular complexity index is 607. The zero-order chi connectivity index (χ0) is 13.3. The predicted molar refractivity (Wildman–Crippen MR) is 73.1 cm³/mol. The van der Waals surface area contributed by atoms with Crippen LogP contribution in [0.3, 0.4) is 0 Å². The highest BCUT2D eigenvalue weighted by Gasteiger charge is 2.19. The summed E-state index contributed by atoms with van der Waals surface area (Å²) >= 11 is 4.54. The van der Waals surface area contributed by atoms with E-state index in [4.69, 9.17) is 4.74 Å². The number of ketones is 1. The van der Waals surface area contributed by atoms with E-state index in [1.807, 2.05) is 12.3 Å². The van der Waals surface area contributed by atoms with E-state index >= 15 is 0 Å². The van der Waals surface area contributed by atoms with Gasteiger partial charge in [-0.3, -0.25) is 4.79 Å². The quantitative estimate of drug-likeness (QED) is 0.789. The van der Waals surface area contributed by atoms with Gasteiger partial charge in [0.25, 0.3) is 0 Å². The van der Waals surface area contributed by atoms with Crippen molar-refractivity contribution in [2.45, 2.75) is 6.92 Å². The van der Waals surface area contributed by atoms with E-state index in [1.54, 1.807) is 5.38 Å². The Hall–Kier alpha value is -1.20. The Labute approximate surface area is 117 Å². The number of thiophene rings is 1. The summed E-state index contributed by atoms with van der Waals surface area (Å²) in [6.07, 6.45) is 0. The molecule has 2 nitrogen and oxygen atoms in total. The molecule has 1 heterocycles. The van der Waals surface area contributed by atoms with E-state index < -0.39 is 5.82 Å². The first-order valence-electron chi connectivity index (χ1n) is 5.15. The summed E-state index contributed by atoms with van der Waals surface area (Å²) in [5, 5.41) is 3.69. The molecule has 0 bridgehead atoms. The van der Waals surface area contributed by atoms with E-state index in [1.165, 1.54) is 30.6 Å². The number of methoxy groups -OCH3 is 1. The summed E-state index contributed by atoms with van der Waals surface area (Å²) in [6.45, 7) is 1.87. The van der Waals surface area contributed by atoms with Crippen molar-refractivity contribution in [3.63, 3.8) is 0 Å². The van der Waals surface area contributed by atoms with Gasteiger partial charge in [0.05, 0.1) is 17.1 Å². The number of rotatable bonds is 3. The minimum absolute atomic E-state index is 0.161. The lowest BCUT2D eigenvalue weighted by molar-refractivity contribution is 0.103. The van der Waals surface area contributed by atoms with Gasteiger partial charge in [-0.25, -0.2) is 4.39 Å². The van der Waals surface area contributed by atoms with Gasteiger partial charge in [0.2, 0.25) is 0 Å². The number of carbonyl (C=O) groups excluding carboxylic acids is 1. The van der Waals surface area contributed by atoms with Crippen molar-refractivity contribution < 1.29 is 13.9 Å². The molecule has 0 N–H and O–H groups in total. The second-order valence-corrected chi connectivity index (χ2v) is 5.36. The molecule has 2 rings (SSSR count). The van der Waals surface area contributed by atoms with E-state index in [2.05, 4.69) is 15.9 Å². The van der Waals surface area contributed by atoms with Crippen LogP contribution < -0.4 is 4.74 Å². The summed E-state index contributed by atoms with van der Waals surface area (Å²) in [7, 11) is 1.42. The van der Waals surface area contributed by atoms with E-state index in [9.17, 15) is 9.18 Å². The van der Waals surface area contributed by atoms with Gasteiger partial charge in [0.15, 0.2) is 5.78 Å². The zero-order valence-electron chi connectivity index (χ0n) is 9.79. The summed E-state index contributed by atoms with van der Waals surface area (Å²) < 4.78 is 18.7. The number of benzene rings is 1. The van der Waals surface area contributed by atoms with Crippen molar-refractivity contribution >= 4 is 33.0 Å². The van der Waals surface area contributed by atoms with Gasteiger partial charge in [-0.05, 0) is 39.9 Å². The van der Waals surface area contributed by atoms with E-state index in [0.29, 0.717) is 11.1 Å². The van der Waals surface area contributed by atoms with Crippen LogP contribution in [0.15, 0.2) is 27.4 Å². The maximum Gasteiger partial charge on any atom is 0.197 e. The third-order valence-corrected chi connectivity index (χ3v) is 4.06. The van der Waals surface area contributed by atoms with Gasteiger partial charge >= 0.3 is 0 Å². The summed E-state index contributed by atoms with van der Waals surface area (Å²) in [4.78, 5) is 12.4. The molecule has 1 aromatic carbocycles. The third kappa shape index (κ3) is 2.33. The fraction of sp³-hybridized carbons (Fsp3) is 0.154. The average Bonchev–Trinajstić information content (AvgIpc) is 2.77. The molecule has 0 unspecified atom stereocenters. The lowest BCUT2D eigenvalue weighted by Crippen LogP contribution is -2.05. The first-order chi connectivity index (χ1) is 8.54. The lowest BCUT2D eigenvalue weighted by atomic mass is 10.0. The van der Waals surface area contributed by atoms with Gasteiger partial charge < -0.3 is 4.74 Å². The molecule has 0 aliphatic heterocycles. The van der Waals surface area contributed by atoms with Crippen LogP contribution in [0.2, 0.25) is 0 Å². The Morgan fingerprint density at radius 3 is 2.61 bits per heavy atom. The number of hydrogen-bond acceptors (Lipinski definition) is 3. The molecule has 0 atom stereocenters. The number of carbonyl (C=O) groups is 1. The van der Waals surface area contributed by atoms with Crippen LogP contribution in [0.25, 0.3) is 0 Å². The van der Waals surface area contributed by atoms with Crippen LogP contribution in [-0.4, -0.2) is 12.9 Å². The van der Waals surface area contributed by atoms with E-state index in [-0.39, 0.29) is 16.0 Å². The molecule has 0 aliphatic rings. The first kappa shape index (κ1) is 13.2. The predicted octanol–water partition coefficient (Wildman–Crippen LogP) is 4.20. The fourth-order valence-electron chi connectivity index (χ4n) is 1.61. The molecule has 18 heavy (non-hydrogen) atoms. The SMILES string of the molecule is COc1cc(F)c(Br)cc1C(=O)c1cscc1C. The van der Waals surface area contributed by atoms with Crippen LogP contribution in [-0.2, 0) is 0 Å². The normalized spacial score (nSPS) is 10.4. The maximum atomic E-state index is 13.4. The molecule has 0 amide bonds. The van der Waals surface area contributed by atoms with Crippen molar-refractivity contribution in [1.29, 1.82) is 0 Å². The molecule has 0 saturated heterocycles. The monoisotopic (exact) mass is 328 g/mol. The van der Waals surface area contributed by atoms with Crippen molar-refractivity contribution in [1.82, 2.24) is 0 Å². The molecule has 5 heteroatoms. The molecule has 94 valence electrons. The number of hydrogen-bond donors (Lipinski definition) is 0. The van der Waals surface area contributed by atoms with Crippen LogP contribution in [0.1, 0.15) is 21.5 Å². The highest BCUT2D eigenvalue weighted by molar-refractivity contribution is 9.10. The van der Waals surface area contributed by atoms with E-state index in [0.717, 1.165) is 5.56 Å². The third-order valence-electron chi connectivity index (χ3n) is 2.59. The Balaban J connectivity index is 2.54. The topological polar surface area (TPSA) is 26.3 Å². The second-order valence-electron chi connectivity index (χ2n) is 3.76.